The van der Waals surface area contributed by atoms with Gasteiger partial charge in [-0.2, -0.15) is 0 Å². The van der Waals surface area contributed by atoms with Crippen molar-refractivity contribution in [3.8, 4) is 0 Å². The van der Waals surface area contributed by atoms with Crippen molar-refractivity contribution in [2.45, 2.75) is 19.1 Å². The third-order valence-electron chi connectivity index (χ3n) is 3.31. The summed E-state index contributed by atoms with van der Waals surface area (Å²) in [6.07, 6.45) is 1.93. The summed E-state index contributed by atoms with van der Waals surface area (Å²) in [5, 5.41) is 0. The Morgan fingerprint density at radius 1 is 1.04 bits per heavy atom. The maximum absolute atomic E-state index is 12.2. The Bertz CT molecular complexity index is 672. The van der Waals surface area contributed by atoms with Gasteiger partial charge in [0.05, 0.1) is 0 Å². The van der Waals surface area contributed by atoms with Crippen LogP contribution in [0.1, 0.15) is 22.3 Å². The summed E-state index contributed by atoms with van der Waals surface area (Å²) < 4.78 is 5.28. The number of nitrogens with one attached hydrogen (secondary N) is 2. The van der Waals surface area contributed by atoms with Gasteiger partial charge in [0, 0.05) is 5.56 Å². The van der Waals surface area contributed by atoms with E-state index in [9.17, 15) is 9.59 Å². The van der Waals surface area contributed by atoms with Gasteiger partial charge in [-0.15, -0.1) is 6.58 Å². The minimum atomic E-state index is -0.695. The smallest absolute Gasteiger partial charge is 0.325 e. The summed E-state index contributed by atoms with van der Waals surface area (Å²) in [5.74, 6) is -0.771. The molecule has 0 fully saturated rings. The highest BCUT2D eigenvalue weighted by Crippen LogP contribution is 2.04. The molecule has 0 saturated carbocycles. The molecule has 2 N–H and O–H groups in total. The van der Waals surface area contributed by atoms with Crippen LogP contribution in [0, 0.1) is 0 Å². The van der Waals surface area contributed by atoms with Crippen LogP contribution in [0.4, 0.5) is 0 Å². The number of esters is 1. The summed E-state index contributed by atoms with van der Waals surface area (Å²) in [6, 6.07) is 17.4. The fraction of sp³-hybridized carbons (Fsp3) is 0.158. The summed E-state index contributed by atoms with van der Waals surface area (Å²) in [7, 11) is 0. The SMILES string of the molecule is C=CC[C@@H](NNC(=O)c1ccccc1)C(=O)OCc1ccccc1. The molecule has 1 amide bonds. The van der Waals surface area contributed by atoms with E-state index in [1.165, 1.54) is 0 Å². The zero-order valence-corrected chi connectivity index (χ0v) is 13.3. The standard InChI is InChI=1S/C19H20N2O3/c1-2-9-17(19(23)24-14-15-10-5-3-6-11-15)20-21-18(22)16-12-7-4-8-13-16/h2-8,10-13,17,20H,1,9,14H2,(H,21,22)/t17-/m1/s1. The van der Waals surface area contributed by atoms with E-state index >= 15 is 0 Å². The molecule has 0 aliphatic heterocycles. The first-order valence-corrected chi connectivity index (χ1v) is 7.63. The van der Waals surface area contributed by atoms with Crippen molar-refractivity contribution in [3.63, 3.8) is 0 Å². The lowest BCUT2D eigenvalue weighted by Gasteiger charge is -2.17. The molecule has 0 bridgehead atoms. The van der Waals surface area contributed by atoms with Crippen molar-refractivity contribution < 1.29 is 14.3 Å². The minimum absolute atomic E-state index is 0.182. The molecule has 2 aromatic carbocycles. The highest BCUT2D eigenvalue weighted by Gasteiger charge is 2.19. The number of carbonyl (C=O) groups is 2. The molecule has 1 atom stereocenters. The molecule has 2 aromatic rings. The van der Waals surface area contributed by atoms with E-state index in [0.717, 1.165) is 5.56 Å². The van der Waals surface area contributed by atoms with Crippen LogP contribution in [-0.4, -0.2) is 17.9 Å². The summed E-state index contributed by atoms with van der Waals surface area (Å²) in [5.41, 5.74) is 6.63. The molecule has 0 unspecified atom stereocenters. The fourth-order valence-corrected chi connectivity index (χ4v) is 2.02. The van der Waals surface area contributed by atoms with Gasteiger partial charge in [-0.3, -0.25) is 15.0 Å². The Hall–Kier alpha value is -2.92. The average Bonchev–Trinajstić information content (AvgIpc) is 2.64. The molecule has 0 aliphatic rings. The van der Waals surface area contributed by atoms with E-state index in [1.807, 2.05) is 36.4 Å². The molecule has 2 rings (SSSR count). The summed E-state index contributed by atoms with van der Waals surface area (Å²) in [4.78, 5) is 24.2. The minimum Gasteiger partial charge on any atom is -0.460 e. The summed E-state index contributed by atoms with van der Waals surface area (Å²) >= 11 is 0. The van der Waals surface area contributed by atoms with Crippen molar-refractivity contribution >= 4 is 11.9 Å². The Labute approximate surface area is 141 Å². The number of hydrogen-bond acceptors (Lipinski definition) is 4. The molecule has 5 heteroatoms. The number of carbonyl (C=O) groups excluding carboxylic acids is 2. The van der Waals surface area contributed by atoms with Crippen LogP contribution in [0.3, 0.4) is 0 Å². The lowest BCUT2D eigenvalue weighted by atomic mass is 10.2. The second kappa shape index (κ2) is 9.27. The van der Waals surface area contributed by atoms with Crippen molar-refractivity contribution in [1.82, 2.24) is 10.9 Å². The predicted octanol–water partition coefficient (Wildman–Crippen LogP) is 2.61. The van der Waals surface area contributed by atoms with Gasteiger partial charge < -0.3 is 4.74 Å². The highest BCUT2D eigenvalue weighted by molar-refractivity contribution is 5.94. The maximum atomic E-state index is 12.2. The largest absolute Gasteiger partial charge is 0.460 e. The zero-order valence-electron chi connectivity index (χ0n) is 13.3. The molecule has 0 radical (unpaired) electrons. The van der Waals surface area contributed by atoms with Crippen molar-refractivity contribution in [2.75, 3.05) is 0 Å². The first-order chi connectivity index (χ1) is 11.7. The van der Waals surface area contributed by atoms with Gasteiger partial charge in [-0.1, -0.05) is 54.6 Å². The van der Waals surface area contributed by atoms with Crippen LogP contribution in [0.15, 0.2) is 73.3 Å². The maximum Gasteiger partial charge on any atom is 0.325 e. The second-order valence-corrected chi connectivity index (χ2v) is 5.13. The van der Waals surface area contributed by atoms with Gasteiger partial charge >= 0.3 is 5.97 Å². The molecule has 124 valence electrons. The normalized spacial score (nSPS) is 11.3. The first-order valence-electron chi connectivity index (χ1n) is 7.63. The van der Waals surface area contributed by atoms with Gasteiger partial charge in [0.25, 0.3) is 5.91 Å². The van der Waals surface area contributed by atoms with Crippen LogP contribution in [0.2, 0.25) is 0 Å². The Morgan fingerprint density at radius 3 is 2.29 bits per heavy atom. The van der Waals surface area contributed by atoms with Gasteiger partial charge in [0.15, 0.2) is 0 Å². The third kappa shape index (κ3) is 5.37. The van der Waals surface area contributed by atoms with Crippen molar-refractivity contribution in [2.24, 2.45) is 0 Å². The van der Waals surface area contributed by atoms with E-state index in [0.29, 0.717) is 12.0 Å². The van der Waals surface area contributed by atoms with Crippen LogP contribution in [0.5, 0.6) is 0 Å². The zero-order chi connectivity index (χ0) is 17.2. The van der Waals surface area contributed by atoms with Crippen molar-refractivity contribution in [1.29, 1.82) is 0 Å². The van der Waals surface area contributed by atoms with Gasteiger partial charge in [0.2, 0.25) is 0 Å². The van der Waals surface area contributed by atoms with E-state index in [2.05, 4.69) is 17.4 Å². The number of rotatable bonds is 8. The van der Waals surface area contributed by atoms with E-state index in [-0.39, 0.29) is 12.5 Å². The number of amides is 1. The van der Waals surface area contributed by atoms with E-state index < -0.39 is 12.0 Å². The molecular weight excluding hydrogens is 304 g/mol. The molecular formula is C19H20N2O3. The van der Waals surface area contributed by atoms with Crippen LogP contribution >= 0.6 is 0 Å². The lowest BCUT2D eigenvalue weighted by molar-refractivity contribution is -0.147. The Kier molecular flexibility index (Phi) is 6.73. The highest BCUT2D eigenvalue weighted by atomic mass is 16.5. The van der Waals surface area contributed by atoms with E-state index in [4.69, 9.17) is 4.74 Å². The molecule has 0 saturated heterocycles. The summed E-state index contributed by atoms with van der Waals surface area (Å²) in [6.45, 7) is 3.81. The van der Waals surface area contributed by atoms with Crippen LogP contribution in [-0.2, 0) is 16.1 Å². The number of hydrogen-bond donors (Lipinski definition) is 2. The number of hydrazine groups is 1. The Balaban J connectivity index is 1.87. The van der Waals surface area contributed by atoms with Gasteiger partial charge in [-0.05, 0) is 24.1 Å². The number of ether oxygens (including phenoxy) is 1. The van der Waals surface area contributed by atoms with Gasteiger partial charge in [-0.25, -0.2) is 5.43 Å². The molecule has 24 heavy (non-hydrogen) atoms. The molecule has 0 heterocycles. The van der Waals surface area contributed by atoms with Crippen molar-refractivity contribution in [3.05, 3.63) is 84.4 Å². The average molecular weight is 324 g/mol. The fourth-order valence-electron chi connectivity index (χ4n) is 2.02. The lowest BCUT2D eigenvalue weighted by Crippen LogP contribution is -2.48. The Morgan fingerprint density at radius 2 is 1.67 bits per heavy atom. The quantitative estimate of drug-likeness (QED) is 0.445. The number of benzene rings is 2. The third-order valence-corrected chi connectivity index (χ3v) is 3.31. The first kappa shape index (κ1) is 17.4. The topological polar surface area (TPSA) is 67.4 Å². The second-order valence-electron chi connectivity index (χ2n) is 5.13. The van der Waals surface area contributed by atoms with Crippen LogP contribution < -0.4 is 10.9 Å². The van der Waals surface area contributed by atoms with Crippen LogP contribution in [0.25, 0.3) is 0 Å². The molecule has 0 aliphatic carbocycles. The predicted molar refractivity (Wildman–Crippen MR) is 91.9 cm³/mol. The molecule has 0 aromatic heterocycles. The van der Waals surface area contributed by atoms with Gasteiger partial charge in [0.1, 0.15) is 12.6 Å². The molecule has 5 nitrogen and oxygen atoms in total. The monoisotopic (exact) mass is 324 g/mol. The van der Waals surface area contributed by atoms with E-state index in [1.54, 1.807) is 30.3 Å². The molecule has 0 spiro atoms.